The Hall–Kier alpha value is -0.160. The van der Waals surface area contributed by atoms with E-state index in [9.17, 15) is 0 Å². The summed E-state index contributed by atoms with van der Waals surface area (Å²) in [5, 5.41) is 0. The van der Waals surface area contributed by atoms with Crippen molar-refractivity contribution in [2.45, 2.75) is 19.0 Å². The van der Waals surface area contributed by atoms with Gasteiger partial charge in [0.05, 0.1) is 0 Å². The normalized spacial score (nSPS) is 21.3. The minimum Gasteiger partial charge on any atom is -0.326 e. The second-order valence-electron chi connectivity index (χ2n) is 3.77. The minimum atomic E-state index is 0. The minimum absolute atomic E-state index is 0. The van der Waals surface area contributed by atoms with Crippen LogP contribution >= 0.6 is 28.3 Å². The van der Waals surface area contributed by atoms with Gasteiger partial charge in [-0.25, -0.2) is 4.98 Å². The molecule has 1 saturated heterocycles. The highest BCUT2D eigenvalue weighted by atomic mass is 79.9. The number of hydrogen-bond acceptors (Lipinski definition) is 3. The van der Waals surface area contributed by atoms with E-state index in [1.54, 1.807) is 0 Å². The fourth-order valence-corrected chi connectivity index (χ4v) is 2.00. The molecule has 84 valence electrons. The largest absolute Gasteiger partial charge is 0.326 e. The third-order valence-corrected chi connectivity index (χ3v) is 2.97. The predicted molar refractivity (Wildman–Crippen MR) is 67.1 cm³/mol. The van der Waals surface area contributed by atoms with Crippen molar-refractivity contribution in [3.05, 3.63) is 28.5 Å². The molecule has 0 unspecified atom stereocenters. The van der Waals surface area contributed by atoms with Crippen molar-refractivity contribution in [2.24, 2.45) is 5.73 Å². The molecule has 1 aliphatic rings. The van der Waals surface area contributed by atoms with Crippen molar-refractivity contribution >= 4 is 28.3 Å². The summed E-state index contributed by atoms with van der Waals surface area (Å²) in [4.78, 5) is 6.57. The molecule has 0 bridgehead atoms. The molecule has 1 aliphatic heterocycles. The van der Waals surface area contributed by atoms with Gasteiger partial charge in [-0.15, -0.1) is 12.4 Å². The monoisotopic (exact) mass is 291 g/mol. The van der Waals surface area contributed by atoms with Crippen molar-refractivity contribution in [3.63, 3.8) is 0 Å². The van der Waals surface area contributed by atoms with Gasteiger partial charge in [-0.1, -0.05) is 6.07 Å². The Bertz CT molecular complexity index is 304. The van der Waals surface area contributed by atoms with Crippen LogP contribution in [0.4, 0.5) is 0 Å². The maximum Gasteiger partial charge on any atom is 0.106 e. The van der Waals surface area contributed by atoms with Crippen LogP contribution in [0.15, 0.2) is 22.9 Å². The van der Waals surface area contributed by atoms with Crippen LogP contribution in [0.5, 0.6) is 0 Å². The van der Waals surface area contributed by atoms with Gasteiger partial charge in [0.2, 0.25) is 0 Å². The van der Waals surface area contributed by atoms with E-state index in [-0.39, 0.29) is 12.4 Å². The SMILES string of the molecule is Cl.N[C@@H]1CCN(Cc2ccc(Br)nc2)C1. The molecule has 2 N–H and O–H groups in total. The summed E-state index contributed by atoms with van der Waals surface area (Å²) < 4.78 is 0.888. The number of likely N-dealkylation sites (tertiary alicyclic amines) is 1. The summed E-state index contributed by atoms with van der Waals surface area (Å²) in [5.74, 6) is 0. The highest BCUT2D eigenvalue weighted by Crippen LogP contribution is 2.13. The molecule has 1 aromatic heterocycles. The zero-order valence-electron chi connectivity index (χ0n) is 8.40. The van der Waals surface area contributed by atoms with Crippen molar-refractivity contribution in [1.82, 2.24) is 9.88 Å². The summed E-state index contributed by atoms with van der Waals surface area (Å²) >= 11 is 3.32. The summed E-state index contributed by atoms with van der Waals surface area (Å²) in [6, 6.07) is 4.44. The smallest absolute Gasteiger partial charge is 0.106 e. The number of aromatic nitrogens is 1. The molecule has 1 aromatic rings. The molecule has 0 aromatic carbocycles. The van der Waals surface area contributed by atoms with Crippen LogP contribution in [0.2, 0.25) is 0 Å². The van der Waals surface area contributed by atoms with Crippen LogP contribution in [0.1, 0.15) is 12.0 Å². The van der Waals surface area contributed by atoms with Crippen molar-refractivity contribution < 1.29 is 0 Å². The van der Waals surface area contributed by atoms with E-state index in [1.807, 2.05) is 12.3 Å². The zero-order chi connectivity index (χ0) is 9.97. The average Bonchev–Trinajstić information content (AvgIpc) is 2.56. The molecule has 2 heterocycles. The molecule has 0 radical (unpaired) electrons. The molecule has 1 atom stereocenters. The lowest BCUT2D eigenvalue weighted by Crippen LogP contribution is -2.26. The quantitative estimate of drug-likeness (QED) is 0.845. The fourth-order valence-electron chi connectivity index (χ4n) is 1.76. The molecular formula is C10H15BrClN3. The molecule has 5 heteroatoms. The number of nitrogens with two attached hydrogens (primary N) is 1. The van der Waals surface area contributed by atoms with Crippen molar-refractivity contribution in [1.29, 1.82) is 0 Å². The lowest BCUT2D eigenvalue weighted by atomic mass is 10.3. The van der Waals surface area contributed by atoms with Gasteiger partial charge < -0.3 is 5.73 Å². The van der Waals surface area contributed by atoms with Crippen LogP contribution < -0.4 is 5.73 Å². The second kappa shape index (κ2) is 5.80. The van der Waals surface area contributed by atoms with E-state index in [0.29, 0.717) is 6.04 Å². The Kier molecular flexibility index (Phi) is 4.99. The Morgan fingerprint density at radius 2 is 2.33 bits per heavy atom. The first-order chi connectivity index (χ1) is 6.74. The zero-order valence-corrected chi connectivity index (χ0v) is 10.8. The van der Waals surface area contributed by atoms with Gasteiger partial charge in [0.15, 0.2) is 0 Å². The van der Waals surface area contributed by atoms with Gasteiger partial charge in [-0.3, -0.25) is 4.90 Å². The van der Waals surface area contributed by atoms with Crippen LogP contribution in [0.25, 0.3) is 0 Å². The Morgan fingerprint density at radius 1 is 1.53 bits per heavy atom. The first-order valence-corrected chi connectivity index (χ1v) is 5.62. The van der Waals surface area contributed by atoms with E-state index in [0.717, 1.165) is 30.7 Å². The van der Waals surface area contributed by atoms with E-state index in [4.69, 9.17) is 5.73 Å². The van der Waals surface area contributed by atoms with Crippen LogP contribution in [0, 0.1) is 0 Å². The summed E-state index contributed by atoms with van der Waals surface area (Å²) in [6.45, 7) is 3.08. The van der Waals surface area contributed by atoms with Gasteiger partial charge in [0, 0.05) is 31.9 Å². The van der Waals surface area contributed by atoms with Gasteiger partial charge >= 0.3 is 0 Å². The maximum atomic E-state index is 5.84. The molecular weight excluding hydrogens is 277 g/mol. The molecule has 0 spiro atoms. The van der Waals surface area contributed by atoms with Gasteiger partial charge in [0.1, 0.15) is 4.60 Å². The molecule has 0 saturated carbocycles. The molecule has 15 heavy (non-hydrogen) atoms. The third kappa shape index (κ3) is 3.72. The molecule has 0 amide bonds. The highest BCUT2D eigenvalue weighted by molar-refractivity contribution is 9.10. The van der Waals surface area contributed by atoms with Crippen LogP contribution in [-0.2, 0) is 6.54 Å². The van der Waals surface area contributed by atoms with E-state index in [2.05, 4.69) is 31.9 Å². The summed E-state index contributed by atoms with van der Waals surface area (Å²) in [5.41, 5.74) is 7.09. The molecule has 1 fully saturated rings. The Labute approximate surface area is 105 Å². The van der Waals surface area contributed by atoms with Gasteiger partial charge in [0.25, 0.3) is 0 Å². The van der Waals surface area contributed by atoms with Gasteiger partial charge in [-0.2, -0.15) is 0 Å². The molecule has 0 aliphatic carbocycles. The molecule has 2 rings (SSSR count). The number of hydrogen-bond donors (Lipinski definition) is 1. The Balaban J connectivity index is 0.00000112. The van der Waals surface area contributed by atoms with Gasteiger partial charge in [-0.05, 0) is 34.0 Å². The number of rotatable bonds is 2. The second-order valence-corrected chi connectivity index (χ2v) is 4.59. The maximum absolute atomic E-state index is 5.84. The highest BCUT2D eigenvalue weighted by Gasteiger charge is 2.18. The summed E-state index contributed by atoms with van der Waals surface area (Å²) in [6.07, 6.45) is 3.03. The lowest BCUT2D eigenvalue weighted by Gasteiger charge is -2.14. The lowest BCUT2D eigenvalue weighted by molar-refractivity contribution is 0.326. The van der Waals surface area contributed by atoms with Crippen molar-refractivity contribution in [3.8, 4) is 0 Å². The predicted octanol–water partition coefficient (Wildman–Crippen LogP) is 1.80. The van der Waals surface area contributed by atoms with E-state index in [1.165, 1.54) is 5.56 Å². The topological polar surface area (TPSA) is 42.1 Å². The summed E-state index contributed by atoms with van der Waals surface area (Å²) in [7, 11) is 0. The number of pyridine rings is 1. The third-order valence-electron chi connectivity index (χ3n) is 2.50. The fraction of sp³-hybridized carbons (Fsp3) is 0.500. The standard InChI is InChI=1S/C10H14BrN3.ClH/c11-10-2-1-8(5-13-10)6-14-4-3-9(12)7-14;/h1-2,5,9H,3-4,6-7,12H2;1H/t9-;/m1./s1. The van der Waals surface area contributed by atoms with E-state index < -0.39 is 0 Å². The average molecular weight is 293 g/mol. The number of nitrogens with zero attached hydrogens (tertiary/aromatic N) is 2. The molecule has 3 nitrogen and oxygen atoms in total. The Morgan fingerprint density at radius 3 is 2.87 bits per heavy atom. The first kappa shape index (κ1) is 12.9. The van der Waals surface area contributed by atoms with E-state index >= 15 is 0 Å². The first-order valence-electron chi connectivity index (χ1n) is 4.82. The van der Waals surface area contributed by atoms with Crippen LogP contribution in [-0.4, -0.2) is 29.0 Å². The van der Waals surface area contributed by atoms with Crippen molar-refractivity contribution in [2.75, 3.05) is 13.1 Å². The van der Waals surface area contributed by atoms with Crippen LogP contribution in [0.3, 0.4) is 0 Å². The number of halogens is 2.